The Kier molecular flexibility index (Phi) is 6.11. The number of halogens is 2. The fourth-order valence-electron chi connectivity index (χ4n) is 2.82. The summed E-state index contributed by atoms with van der Waals surface area (Å²) < 4.78 is 26.7. The van der Waals surface area contributed by atoms with Crippen LogP contribution in [0.15, 0.2) is 18.2 Å². The van der Waals surface area contributed by atoms with Gasteiger partial charge in [-0.25, -0.2) is 8.78 Å². The molecule has 0 aliphatic heterocycles. The smallest absolute Gasteiger partial charge is 0.238 e. The Balaban J connectivity index is 1.63. The molecule has 1 amide bonds. The molecule has 116 valence electrons. The van der Waals surface area contributed by atoms with Crippen LogP contribution in [0.25, 0.3) is 0 Å². The summed E-state index contributed by atoms with van der Waals surface area (Å²) in [5, 5.41) is 5.27. The van der Waals surface area contributed by atoms with E-state index in [4.69, 9.17) is 0 Å². The molecule has 0 spiro atoms. The third-order valence-corrected chi connectivity index (χ3v) is 3.95. The SMILES string of the molecule is O=C(CNCCCC1CCCC1)Nc1c(F)cccc1F. The van der Waals surface area contributed by atoms with Crippen LogP contribution in [0.3, 0.4) is 0 Å². The van der Waals surface area contributed by atoms with Gasteiger partial charge in [-0.15, -0.1) is 0 Å². The molecule has 1 fully saturated rings. The summed E-state index contributed by atoms with van der Waals surface area (Å²) in [4.78, 5) is 11.6. The number of hydrogen-bond acceptors (Lipinski definition) is 2. The second-order valence-corrected chi connectivity index (χ2v) is 5.61. The van der Waals surface area contributed by atoms with Gasteiger partial charge in [-0.1, -0.05) is 31.7 Å². The quantitative estimate of drug-likeness (QED) is 0.757. The number of para-hydroxylation sites is 1. The number of rotatable bonds is 7. The highest BCUT2D eigenvalue weighted by Gasteiger charge is 2.14. The van der Waals surface area contributed by atoms with Gasteiger partial charge in [-0.3, -0.25) is 4.79 Å². The molecule has 3 nitrogen and oxygen atoms in total. The molecular weight excluding hydrogens is 274 g/mol. The summed E-state index contributed by atoms with van der Waals surface area (Å²) in [5.41, 5.74) is -0.379. The van der Waals surface area contributed by atoms with Crippen molar-refractivity contribution in [3.05, 3.63) is 29.8 Å². The Bertz CT molecular complexity index is 453. The van der Waals surface area contributed by atoms with Crippen LogP contribution in [0.4, 0.5) is 14.5 Å². The lowest BCUT2D eigenvalue weighted by atomic mass is 10.0. The van der Waals surface area contributed by atoms with Crippen molar-refractivity contribution < 1.29 is 13.6 Å². The summed E-state index contributed by atoms with van der Waals surface area (Å²) in [6.45, 7) is 0.822. The maximum absolute atomic E-state index is 13.4. The average Bonchev–Trinajstić information content (AvgIpc) is 2.96. The number of carbonyl (C=O) groups excluding carboxylic acids is 1. The third-order valence-electron chi connectivity index (χ3n) is 3.95. The highest BCUT2D eigenvalue weighted by molar-refractivity contribution is 5.92. The summed E-state index contributed by atoms with van der Waals surface area (Å²) in [5.74, 6) is -1.11. The summed E-state index contributed by atoms with van der Waals surface area (Å²) in [6.07, 6.45) is 7.56. The molecule has 0 aromatic heterocycles. The largest absolute Gasteiger partial charge is 0.320 e. The van der Waals surface area contributed by atoms with Crippen LogP contribution < -0.4 is 10.6 Å². The van der Waals surface area contributed by atoms with Gasteiger partial charge in [0.05, 0.1) is 6.54 Å². The minimum Gasteiger partial charge on any atom is -0.320 e. The average molecular weight is 296 g/mol. The number of nitrogens with one attached hydrogen (secondary N) is 2. The zero-order valence-corrected chi connectivity index (χ0v) is 12.1. The van der Waals surface area contributed by atoms with Gasteiger partial charge < -0.3 is 10.6 Å². The van der Waals surface area contributed by atoms with Crippen molar-refractivity contribution in [1.29, 1.82) is 0 Å². The van der Waals surface area contributed by atoms with Crippen LogP contribution in [-0.4, -0.2) is 19.0 Å². The van der Waals surface area contributed by atoms with Gasteiger partial charge in [-0.05, 0) is 37.4 Å². The lowest BCUT2D eigenvalue weighted by molar-refractivity contribution is -0.115. The van der Waals surface area contributed by atoms with Gasteiger partial charge in [0, 0.05) is 0 Å². The first kappa shape index (κ1) is 15.9. The first-order chi connectivity index (χ1) is 10.2. The van der Waals surface area contributed by atoms with Gasteiger partial charge in [0.1, 0.15) is 17.3 Å². The molecule has 0 radical (unpaired) electrons. The fraction of sp³-hybridized carbons (Fsp3) is 0.562. The van der Waals surface area contributed by atoms with Gasteiger partial charge in [0.25, 0.3) is 0 Å². The topological polar surface area (TPSA) is 41.1 Å². The van der Waals surface area contributed by atoms with E-state index in [0.717, 1.165) is 31.0 Å². The van der Waals surface area contributed by atoms with E-state index >= 15 is 0 Å². The number of hydrogen-bond donors (Lipinski definition) is 2. The molecule has 0 heterocycles. The molecule has 0 atom stereocenters. The van der Waals surface area contributed by atoms with Crippen LogP contribution in [0.1, 0.15) is 38.5 Å². The number of amides is 1. The monoisotopic (exact) mass is 296 g/mol. The maximum Gasteiger partial charge on any atom is 0.238 e. The molecule has 1 aromatic rings. The Morgan fingerprint density at radius 1 is 1.19 bits per heavy atom. The molecule has 1 aliphatic rings. The van der Waals surface area contributed by atoms with Crippen LogP contribution in [0, 0.1) is 17.6 Å². The van der Waals surface area contributed by atoms with E-state index in [1.807, 2.05) is 0 Å². The minimum atomic E-state index is -0.760. The summed E-state index contributed by atoms with van der Waals surface area (Å²) in [7, 11) is 0. The summed E-state index contributed by atoms with van der Waals surface area (Å²) in [6, 6.07) is 3.50. The van der Waals surface area contributed by atoms with Crippen LogP contribution >= 0.6 is 0 Å². The van der Waals surface area contributed by atoms with Crippen molar-refractivity contribution in [1.82, 2.24) is 5.32 Å². The fourth-order valence-corrected chi connectivity index (χ4v) is 2.82. The Labute approximate surface area is 124 Å². The zero-order chi connectivity index (χ0) is 15.1. The van der Waals surface area contributed by atoms with Gasteiger partial charge >= 0.3 is 0 Å². The predicted octanol–water partition coefficient (Wildman–Crippen LogP) is 3.46. The van der Waals surface area contributed by atoms with Gasteiger partial charge in [0.15, 0.2) is 0 Å². The van der Waals surface area contributed by atoms with Crippen molar-refractivity contribution in [2.24, 2.45) is 5.92 Å². The highest BCUT2D eigenvalue weighted by Crippen LogP contribution is 2.28. The van der Waals surface area contributed by atoms with Crippen LogP contribution in [-0.2, 0) is 4.79 Å². The lowest BCUT2D eigenvalue weighted by Crippen LogP contribution is -2.29. The van der Waals surface area contributed by atoms with Crippen LogP contribution in [0.5, 0.6) is 0 Å². The number of benzene rings is 1. The van der Waals surface area contributed by atoms with E-state index in [1.165, 1.54) is 38.2 Å². The van der Waals surface area contributed by atoms with E-state index in [1.54, 1.807) is 0 Å². The van der Waals surface area contributed by atoms with Gasteiger partial charge in [-0.2, -0.15) is 0 Å². The number of carbonyl (C=O) groups is 1. The normalized spacial score (nSPS) is 15.3. The van der Waals surface area contributed by atoms with E-state index in [0.29, 0.717) is 0 Å². The van der Waals surface area contributed by atoms with E-state index in [2.05, 4.69) is 10.6 Å². The Morgan fingerprint density at radius 3 is 2.52 bits per heavy atom. The van der Waals surface area contributed by atoms with Crippen molar-refractivity contribution in [2.45, 2.75) is 38.5 Å². The molecule has 0 unspecified atom stereocenters. The molecule has 0 saturated heterocycles. The van der Waals surface area contributed by atoms with Crippen LogP contribution in [0.2, 0.25) is 0 Å². The van der Waals surface area contributed by atoms with Gasteiger partial charge in [0.2, 0.25) is 5.91 Å². The Hall–Kier alpha value is -1.49. The molecule has 0 bridgehead atoms. The van der Waals surface area contributed by atoms with Crippen molar-refractivity contribution in [3.8, 4) is 0 Å². The standard InChI is InChI=1S/C16H22F2N2O/c17-13-8-3-9-14(18)16(13)20-15(21)11-19-10-4-7-12-5-1-2-6-12/h3,8-9,12,19H,1-2,4-7,10-11H2,(H,20,21). The van der Waals surface area contributed by atoms with E-state index in [9.17, 15) is 13.6 Å². The maximum atomic E-state index is 13.4. The van der Waals surface area contributed by atoms with E-state index < -0.39 is 17.5 Å². The zero-order valence-electron chi connectivity index (χ0n) is 12.1. The molecule has 5 heteroatoms. The second kappa shape index (κ2) is 8.08. The lowest BCUT2D eigenvalue weighted by Gasteiger charge is -2.10. The molecule has 2 N–H and O–H groups in total. The molecular formula is C16H22F2N2O. The molecule has 1 saturated carbocycles. The van der Waals surface area contributed by atoms with Crippen molar-refractivity contribution in [3.63, 3.8) is 0 Å². The first-order valence-corrected chi connectivity index (χ1v) is 7.61. The predicted molar refractivity (Wildman–Crippen MR) is 79.0 cm³/mol. The van der Waals surface area contributed by atoms with Crippen molar-refractivity contribution in [2.75, 3.05) is 18.4 Å². The number of anilines is 1. The van der Waals surface area contributed by atoms with Crippen molar-refractivity contribution >= 4 is 11.6 Å². The first-order valence-electron chi connectivity index (χ1n) is 7.61. The Morgan fingerprint density at radius 2 is 1.86 bits per heavy atom. The van der Waals surface area contributed by atoms with E-state index in [-0.39, 0.29) is 12.2 Å². The summed E-state index contributed by atoms with van der Waals surface area (Å²) >= 11 is 0. The molecule has 2 rings (SSSR count). The molecule has 1 aliphatic carbocycles. The molecule has 1 aromatic carbocycles. The molecule has 21 heavy (non-hydrogen) atoms. The third kappa shape index (κ3) is 5.08. The highest BCUT2D eigenvalue weighted by atomic mass is 19.1. The minimum absolute atomic E-state index is 0.0679. The second-order valence-electron chi connectivity index (χ2n) is 5.61.